The zero-order valence-electron chi connectivity index (χ0n) is 17.9. The molecule has 3 rings (SSSR count). The van der Waals surface area contributed by atoms with Gasteiger partial charge in [0.25, 0.3) is 0 Å². The predicted molar refractivity (Wildman–Crippen MR) is 119 cm³/mol. The summed E-state index contributed by atoms with van der Waals surface area (Å²) in [7, 11) is 1.26. The molecule has 0 aliphatic carbocycles. The van der Waals surface area contributed by atoms with Gasteiger partial charge in [0.15, 0.2) is 0 Å². The maximum absolute atomic E-state index is 13.3. The van der Waals surface area contributed by atoms with Crippen molar-refractivity contribution < 1.29 is 27.5 Å². The van der Waals surface area contributed by atoms with Crippen LogP contribution in [0.1, 0.15) is 29.2 Å². The molecule has 0 fully saturated rings. The van der Waals surface area contributed by atoms with Gasteiger partial charge < -0.3 is 15.0 Å². The highest BCUT2D eigenvalue weighted by Crippen LogP contribution is 2.31. The van der Waals surface area contributed by atoms with Gasteiger partial charge in [-0.2, -0.15) is 13.2 Å². The lowest BCUT2D eigenvalue weighted by atomic mass is 9.97. The summed E-state index contributed by atoms with van der Waals surface area (Å²) in [5.74, 6) is -0.484. The van der Waals surface area contributed by atoms with Crippen molar-refractivity contribution in [2.75, 3.05) is 19.0 Å². The fourth-order valence-electron chi connectivity index (χ4n) is 3.42. The van der Waals surface area contributed by atoms with Gasteiger partial charge in [0.1, 0.15) is 0 Å². The molecule has 172 valence electrons. The third kappa shape index (κ3) is 6.35. The van der Waals surface area contributed by atoms with Crippen LogP contribution in [0.25, 0.3) is 0 Å². The van der Waals surface area contributed by atoms with Crippen molar-refractivity contribution in [1.29, 1.82) is 0 Å². The number of ether oxygens (including phenoxy) is 1. The fraction of sp³-hybridized carbons (Fsp3) is 0.200. The van der Waals surface area contributed by atoms with Gasteiger partial charge in [-0.25, -0.2) is 4.79 Å². The fourth-order valence-corrected chi connectivity index (χ4v) is 3.42. The van der Waals surface area contributed by atoms with Gasteiger partial charge in [-0.05, 0) is 35.4 Å². The molecule has 0 saturated carbocycles. The van der Waals surface area contributed by atoms with Crippen molar-refractivity contribution in [3.8, 4) is 0 Å². The molecule has 0 bridgehead atoms. The Morgan fingerprint density at radius 3 is 1.85 bits per heavy atom. The van der Waals surface area contributed by atoms with E-state index < -0.39 is 29.8 Å². The molecule has 8 heteroatoms. The van der Waals surface area contributed by atoms with E-state index in [0.29, 0.717) is 0 Å². The van der Waals surface area contributed by atoms with Gasteiger partial charge in [0.05, 0.1) is 25.1 Å². The van der Waals surface area contributed by atoms with E-state index in [9.17, 15) is 22.8 Å². The molecular formula is C25H23F3N2O3. The molecule has 0 spiro atoms. The Hall–Kier alpha value is -3.81. The number of esters is 1. The maximum Gasteiger partial charge on any atom is 0.416 e. The summed E-state index contributed by atoms with van der Waals surface area (Å²) in [6.45, 7) is 0.0353. The van der Waals surface area contributed by atoms with Crippen LogP contribution in [0.15, 0.2) is 84.9 Å². The number of benzene rings is 3. The number of hydrogen-bond acceptors (Lipinski definition) is 3. The van der Waals surface area contributed by atoms with E-state index in [1.807, 2.05) is 60.7 Å². The number of hydrogen-bond donors (Lipinski definition) is 1. The number of anilines is 1. The van der Waals surface area contributed by atoms with E-state index in [1.54, 1.807) is 0 Å². The highest BCUT2D eigenvalue weighted by molar-refractivity contribution is 5.90. The molecule has 0 heterocycles. The van der Waals surface area contributed by atoms with E-state index >= 15 is 0 Å². The first-order valence-corrected chi connectivity index (χ1v) is 10.2. The number of rotatable bonds is 7. The van der Waals surface area contributed by atoms with Crippen molar-refractivity contribution in [1.82, 2.24) is 4.90 Å². The van der Waals surface area contributed by atoms with Crippen LogP contribution in [0, 0.1) is 0 Å². The van der Waals surface area contributed by atoms with Crippen molar-refractivity contribution >= 4 is 17.7 Å². The van der Waals surface area contributed by atoms with E-state index in [2.05, 4.69) is 5.32 Å². The molecule has 0 unspecified atom stereocenters. The summed E-state index contributed by atoms with van der Waals surface area (Å²) < 4.78 is 43.3. The zero-order valence-corrected chi connectivity index (χ0v) is 17.9. The average molecular weight is 456 g/mol. The van der Waals surface area contributed by atoms with Gasteiger partial charge in [-0.15, -0.1) is 0 Å². The quantitative estimate of drug-likeness (QED) is 0.451. The smallest absolute Gasteiger partial charge is 0.416 e. The van der Waals surface area contributed by atoms with Gasteiger partial charge in [-0.1, -0.05) is 60.7 Å². The minimum Gasteiger partial charge on any atom is -0.469 e. The third-order valence-corrected chi connectivity index (χ3v) is 5.05. The molecule has 3 aromatic carbocycles. The summed E-state index contributed by atoms with van der Waals surface area (Å²) >= 11 is 0. The zero-order chi connectivity index (χ0) is 23.8. The molecular weight excluding hydrogens is 433 g/mol. The number of alkyl halides is 3. The largest absolute Gasteiger partial charge is 0.469 e. The highest BCUT2D eigenvalue weighted by atomic mass is 19.4. The second kappa shape index (κ2) is 10.7. The van der Waals surface area contributed by atoms with Crippen LogP contribution >= 0.6 is 0 Å². The Balaban J connectivity index is 1.94. The predicted octanol–water partition coefficient (Wildman–Crippen LogP) is 5.89. The molecule has 33 heavy (non-hydrogen) atoms. The number of methoxy groups -OCH3 is 1. The Labute approximate surface area is 189 Å². The van der Waals surface area contributed by atoms with E-state index in [1.165, 1.54) is 24.1 Å². The molecule has 0 aliphatic heterocycles. The molecule has 3 aromatic rings. The minimum absolute atomic E-state index is 0.0353. The highest BCUT2D eigenvalue weighted by Gasteiger charge is 2.31. The monoisotopic (exact) mass is 456 g/mol. The molecule has 0 aliphatic rings. The molecule has 0 aromatic heterocycles. The number of halogens is 3. The van der Waals surface area contributed by atoms with Crippen molar-refractivity contribution in [2.24, 2.45) is 0 Å². The lowest BCUT2D eigenvalue weighted by molar-refractivity contribution is -0.141. The number of urea groups is 1. The van der Waals surface area contributed by atoms with Crippen LogP contribution in [0.2, 0.25) is 0 Å². The summed E-state index contributed by atoms with van der Waals surface area (Å²) in [4.78, 5) is 26.6. The molecule has 0 radical (unpaired) electrons. The van der Waals surface area contributed by atoms with Crippen LogP contribution in [0.5, 0.6) is 0 Å². The number of carbonyl (C=O) groups excluding carboxylic acids is 2. The average Bonchev–Trinajstić information content (AvgIpc) is 2.82. The summed E-state index contributed by atoms with van der Waals surface area (Å²) in [5.41, 5.74) is 1.03. The Kier molecular flexibility index (Phi) is 7.71. The van der Waals surface area contributed by atoms with Crippen molar-refractivity contribution in [3.05, 3.63) is 102 Å². The first kappa shape index (κ1) is 23.8. The summed E-state index contributed by atoms with van der Waals surface area (Å²) in [6, 6.07) is 21.7. The Morgan fingerprint density at radius 1 is 0.879 bits per heavy atom. The topological polar surface area (TPSA) is 58.6 Å². The summed E-state index contributed by atoms with van der Waals surface area (Å²) in [6.07, 6.45) is -4.52. The lowest BCUT2D eigenvalue weighted by Crippen LogP contribution is -2.40. The number of carbonyl (C=O) groups is 2. The third-order valence-electron chi connectivity index (χ3n) is 5.05. The van der Waals surface area contributed by atoms with Gasteiger partial charge in [0, 0.05) is 12.2 Å². The van der Waals surface area contributed by atoms with Crippen LogP contribution in [-0.4, -0.2) is 30.6 Å². The number of amides is 2. The Bertz CT molecular complexity index is 1020. The van der Waals surface area contributed by atoms with E-state index in [4.69, 9.17) is 4.74 Å². The van der Waals surface area contributed by atoms with Crippen molar-refractivity contribution in [2.45, 2.75) is 18.6 Å². The lowest BCUT2D eigenvalue weighted by Gasteiger charge is -2.32. The van der Waals surface area contributed by atoms with E-state index in [-0.39, 0.29) is 18.7 Å². The second-order valence-corrected chi connectivity index (χ2v) is 7.25. The van der Waals surface area contributed by atoms with Crippen LogP contribution in [0.3, 0.4) is 0 Å². The normalized spacial score (nSPS) is 11.2. The molecule has 5 nitrogen and oxygen atoms in total. The first-order chi connectivity index (χ1) is 15.8. The SMILES string of the molecule is COC(=O)CCN(C(=O)Nc1ccc(C(F)(F)F)cc1)C(c1ccccc1)c1ccccc1. The van der Waals surface area contributed by atoms with Gasteiger partial charge >= 0.3 is 18.2 Å². The number of nitrogens with zero attached hydrogens (tertiary/aromatic N) is 1. The molecule has 0 atom stereocenters. The van der Waals surface area contributed by atoms with E-state index in [0.717, 1.165) is 23.3 Å². The van der Waals surface area contributed by atoms with Gasteiger partial charge in [-0.3, -0.25) is 4.79 Å². The molecule has 1 N–H and O–H groups in total. The minimum atomic E-state index is -4.47. The van der Waals surface area contributed by atoms with Crippen molar-refractivity contribution in [3.63, 3.8) is 0 Å². The number of nitrogens with one attached hydrogen (secondary N) is 1. The van der Waals surface area contributed by atoms with Gasteiger partial charge in [0.2, 0.25) is 0 Å². The van der Waals surface area contributed by atoms with Crippen LogP contribution in [0.4, 0.5) is 23.7 Å². The first-order valence-electron chi connectivity index (χ1n) is 10.2. The Morgan fingerprint density at radius 2 is 1.39 bits per heavy atom. The molecule has 0 saturated heterocycles. The van der Waals surface area contributed by atoms with Crippen LogP contribution < -0.4 is 5.32 Å². The summed E-state index contributed by atoms with van der Waals surface area (Å²) in [5, 5.41) is 2.65. The maximum atomic E-state index is 13.3. The van der Waals surface area contributed by atoms with Crippen LogP contribution in [-0.2, 0) is 15.7 Å². The standard InChI is InChI=1S/C25H23F3N2O3/c1-33-22(31)16-17-30(24(32)29-21-14-12-20(13-15-21)25(26,27)28)23(18-8-4-2-5-9-18)19-10-6-3-7-11-19/h2-15,23H,16-17H2,1H3,(H,29,32). The molecule has 2 amide bonds. The second-order valence-electron chi connectivity index (χ2n) is 7.25.